The molecule has 0 spiro atoms. The molecule has 1 aromatic heterocycles. The highest BCUT2D eigenvalue weighted by Gasteiger charge is 2.28. The Labute approximate surface area is 232 Å². The van der Waals surface area contributed by atoms with Crippen LogP contribution in [-0.4, -0.2) is 43.8 Å². The van der Waals surface area contributed by atoms with Gasteiger partial charge < -0.3 is 19.1 Å². The molecule has 0 fully saturated rings. The van der Waals surface area contributed by atoms with Gasteiger partial charge in [-0.2, -0.15) is 4.72 Å². The van der Waals surface area contributed by atoms with Gasteiger partial charge >= 0.3 is 5.97 Å². The number of ether oxygens (including phenoxy) is 2. The van der Waals surface area contributed by atoms with Gasteiger partial charge in [0.25, 0.3) is 0 Å². The molecule has 208 valence electrons. The molecule has 40 heavy (non-hydrogen) atoms. The van der Waals surface area contributed by atoms with E-state index in [4.69, 9.17) is 9.47 Å². The maximum atomic E-state index is 13.5. The monoisotopic (exact) mass is 564 g/mol. The third-order valence-electron chi connectivity index (χ3n) is 6.54. The Balaban J connectivity index is 1.66. The smallest absolute Gasteiger partial charge is 0.322 e. The van der Waals surface area contributed by atoms with E-state index in [9.17, 15) is 22.7 Å². The Morgan fingerprint density at radius 1 is 1.07 bits per heavy atom. The minimum atomic E-state index is -4.17. The van der Waals surface area contributed by atoms with Crippen molar-refractivity contribution in [2.24, 2.45) is 0 Å². The molecule has 8 nitrogen and oxygen atoms in total. The molecular formula is C30H29FN2O6S. The van der Waals surface area contributed by atoms with Gasteiger partial charge in [-0.25, -0.2) is 12.8 Å². The fourth-order valence-corrected chi connectivity index (χ4v) is 5.63. The van der Waals surface area contributed by atoms with Crippen LogP contribution in [0.4, 0.5) is 4.39 Å². The molecule has 0 aliphatic rings. The van der Waals surface area contributed by atoms with E-state index in [0.717, 1.165) is 22.2 Å². The van der Waals surface area contributed by atoms with Gasteiger partial charge in [-0.3, -0.25) is 4.79 Å². The molecule has 0 amide bonds. The summed E-state index contributed by atoms with van der Waals surface area (Å²) in [6.45, 7) is 4.11. The van der Waals surface area contributed by atoms with Crippen LogP contribution in [0, 0.1) is 24.6 Å². The minimum Gasteiger partial charge on any atom is -0.497 e. The number of carboxylic acids is 1. The summed E-state index contributed by atoms with van der Waals surface area (Å²) in [5.74, 6) is 4.82. The first-order valence-electron chi connectivity index (χ1n) is 12.4. The van der Waals surface area contributed by atoms with Crippen molar-refractivity contribution in [2.45, 2.75) is 37.8 Å². The summed E-state index contributed by atoms with van der Waals surface area (Å²) in [5, 5.41) is 10.8. The number of halogens is 1. The van der Waals surface area contributed by atoms with E-state index in [1.165, 1.54) is 43.5 Å². The van der Waals surface area contributed by atoms with E-state index < -0.39 is 22.0 Å². The normalized spacial score (nSPS) is 12.0. The Morgan fingerprint density at radius 2 is 1.75 bits per heavy atom. The van der Waals surface area contributed by atoms with E-state index >= 15 is 0 Å². The molecule has 0 aliphatic carbocycles. The summed E-state index contributed by atoms with van der Waals surface area (Å²) in [6, 6.07) is 15.8. The van der Waals surface area contributed by atoms with Gasteiger partial charge in [-0.1, -0.05) is 18.1 Å². The molecule has 0 radical (unpaired) electrons. The molecule has 4 aromatic rings. The van der Waals surface area contributed by atoms with Crippen molar-refractivity contribution >= 4 is 26.9 Å². The molecule has 2 N–H and O–H groups in total. The van der Waals surface area contributed by atoms with Crippen LogP contribution in [0.1, 0.15) is 23.7 Å². The number of fused-ring (bicyclic) bond motifs is 1. The Morgan fingerprint density at radius 3 is 2.38 bits per heavy atom. The quantitative estimate of drug-likeness (QED) is 0.260. The zero-order valence-electron chi connectivity index (χ0n) is 22.3. The summed E-state index contributed by atoms with van der Waals surface area (Å²) in [7, 11) is -2.64. The van der Waals surface area contributed by atoms with Gasteiger partial charge in [-0.15, -0.1) is 5.92 Å². The predicted octanol–water partition coefficient (Wildman–Crippen LogP) is 4.52. The average molecular weight is 565 g/mol. The lowest BCUT2D eigenvalue weighted by molar-refractivity contribution is -0.138. The van der Waals surface area contributed by atoms with Crippen molar-refractivity contribution in [1.29, 1.82) is 0 Å². The second-order valence-corrected chi connectivity index (χ2v) is 10.8. The summed E-state index contributed by atoms with van der Waals surface area (Å²) in [4.78, 5) is 12.2. The number of nitrogens with one attached hydrogen (secondary N) is 1. The van der Waals surface area contributed by atoms with Crippen LogP contribution in [0.25, 0.3) is 10.9 Å². The highest BCUT2D eigenvalue weighted by Crippen LogP contribution is 2.31. The van der Waals surface area contributed by atoms with Crippen molar-refractivity contribution in [3.8, 4) is 23.3 Å². The van der Waals surface area contributed by atoms with Gasteiger partial charge in [0.15, 0.2) is 0 Å². The Bertz CT molecular complexity index is 1680. The van der Waals surface area contributed by atoms with Gasteiger partial charge in [0.1, 0.15) is 30.0 Å². The highest BCUT2D eigenvalue weighted by molar-refractivity contribution is 7.89. The van der Waals surface area contributed by atoms with Gasteiger partial charge in [0, 0.05) is 29.6 Å². The van der Waals surface area contributed by atoms with Crippen LogP contribution in [-0.2, 0) is 27.8 Å². The van der Waals surface area contributed by atoms with Crippen LogP contribution in [0.3, 0.4) is 0 Å². The molecule has 0 unspecified atom stereocenters. The van der Waals surface area contributed by atoms with E-state index in [1.807, 2.05) is 17.6 Å². The maximum absolute atomic E-state index is 13.5. The summed E-state index contributed by atoms with van der Waals surface area (Å²) >= 11 is 0. The molecule has 0 saturated heterocycles. The lowest BCUT2D eigenvalue weighted by atomic mass is 10.0. The molecule has 4 rings (SSSR count). The van der Waals surface area contributed by atoms with Crippen molar-refractivity contribution in [3.63, 3.8) is 0 Å². The maximum Gasteiger partial charge on any atom is 0.322 e. The Kier molecular flexibility index (Phi) is 8.77. The molecule has 1 atom stereocenters. The molecule has 3 aromatic carbocycles. The molecule has 0 aliphatic heterocycles. The predicted molar refractivity (Wildman–Crippen MR) is 150 cm³/mol. The zero-order valence-corrected chi connectivity index (χ0v) is 23.1. The number of sulfonamides is 1. The Hall–Kier alpha value is -4.33. The van der Waals surface area contributed by atoms with Crippen molar-refractivity contribution in [1.82, 2.24) is 9.29 Å². The number of nitrogens with zero attached hydrogens (tertiary/aromatic N) is 1. The van der Waals surface area contributed by atoms with Crippen molar-refractivity contribution in [3.05, 3.63) is 89.4 Å². The van der Waals surface area contributed by atoms with Crippen LogP contribution < -0.4 is 14.2 Å². The fourth-order valence-electron chi connectivity index (χ4n) is 4.44. The number of benzene rings is 3. The topological polar surface area (TPSA) is 107 Å². The van der Waals surface area contributed by atoms with Crippen LogP contribution in [0.15, 0.2) is 71.6 Å². The number of methoxy groups -OCH3 is 1. The third kappa shape index (κ3) is 6.45. The SMILES string of the molecule is CC#CCOc1ccc(S(=O)(=O)N[C@@H](Cc2c(C)n(Cc3ccc(F)cc3)c3ccc(OC)cc23)C(=O)O)cc1. The first-order valence-corrected chi connectivity index (χ1v) is 13.9. The molecule has 0 bridgehead atoms. The third-order valence-corrected chi connectivity index (χ3v) is 8.03. The number of hydrogen-bond acceptors (Lipinski definition) is 5. The standard InChI is InChI=1S/C30H29FN2O6S/c1-4-5-16-39-23-10-13-25(14-11-23)40(36,37)32-28(30(34)35)18-26-20(2)33(19-21-6-8-22(31)9-7-21)29-15-12-24(38-3)17-27(26)29/h6-15,17,28,32H,16,18-19H2,1-3H3,(H,34,35)/t28-/m0/s1. The second-order valence-electron chi connectivity index (χ2n) is 9.06. The number of aromatic nitrogens is 1. The number of rotatable bonds is 11. The lowest BCUT2D eigenvalue weighted by Crippen LogP contribution is -2.42. The number of carbonyl (C=O) groups is 1. The van der Waals surface area contributed by atoms with Crippen molar-refractivity contribution < 1.29 is 32.2 Å². The number of aliphatic carboxylic acids is 1. The first kappa shape index (κ1) is 28.7. The summed E-state index contributed by atoms with van der Waals surface area (Å²) < 4.78 is 54.9. The summed E-state index contributed by atoms with van der Waals surface area (Å²) in [5.41, 5.74) is 3.09. The molecule has 10 heteroatoms. The fraction of sp³-hybridized carbons (Fsp3) is 0.233. The van der Waals surface area contributed by atoms with E-state index in [-0.39, 0.29) is 23.7 Å². The molecule has 0 saturated carbocycles. The van der Waals surface area contributed by atoms with E-state index in [2.05, 4.69) is 16.6 Å². The average Bonchev–Trinajstić information content (AvgIpc) is 3.19. The largest absolute Gasteiger partial charge is 0.497 e. The van der Waals surface area contributed by atoms with Gasteiger partial charge in [0.2, 0.25) is 10.0 Å². The highest BCUT2D eigenvalue weighted by atomic mass is 32.2. The lowest BCUT2D eigenvalue weighted by Gasteiger charge is -2.16. The minimum absolute atomic E-state index is 0.0928. The zero-order chi connectivity index (χ0) is 28.9. The molecular weight excluding hydrogens is 535 g/mol. The van der Waals surface area contributed by atoms with Crippen LogP contribution in [0.5, 0.6) is 11.5 Å². The van der Waals surface area contributed by atoms with Crippen LogP contribution >= 0.6 is 0 Å². The number of carboxylic acid groups (broad SMARTS) is 1. The van der Waals surface area contributed by atoms with E-state index in [0.29, 0.717) is 23.6 Å². The van der Waals surface area contributed by atoms with Crippen LogP contribution in [0.2, 0.25) is 0 Å². The number of hydrogen-bond donors (Lipinski definition) is 2. The second kappa shape index (κ2) is 12.2. The first-order chi connectivity index (χ1) is 19.1. The van der Waals surface area contributed by atoms with Crippen molar-refractivity contribution in [2.75, 3.05) is 13.7 Å². The van der Waals surface area contributed by atoms with Gasteiger partial charge in [-0.05, 0) is 79.6 Å². The molecule has 1 heterocycles. The van der Waals surface area contributed by atoms with Gasteiger partial charge in [0.05, 0.1) is 12.0 Å². The summed E-state index contributed by atoms with van der Waals surface area (Å²) in [6.07, 6.45) is -0.114. The van der Waals surface area contributed by atoms with E-state index in [1.54, 1.807) is 31.2 Å².